The third-order valence-corrected chi connectivity index (χ3v) is 5.49. The SMILES string of the molecule is COc1ccc(-c2ccccc2)cc1N1CC(O)CS1(=O)=O. The molecule has 3 rings (SSSR count). The molecule has 1 heterocycles. The van der Waals surface area contributed by atoms with Crippen LogP contribution in [0.2, 0.25) is 0 Å². The standard InChI is InChI=1S/C16H17NO4S/c1-21-16-8-7-13(12-5-3-2-4-6-12)9-15(16)17-10-14(18)11-22(17,19)20/h2-9,14,18H,10-11H2,1H3. The Morgan fingerprint density at radius 2 is 1.86 bits per heavy atom. The van der Waals surface area contributed by atoms with E-state index in [1.54, 1.807) is 12.1 Å². The number of aliphatic hydroxyl groups is 1. The van der Waals surface area contributed by atoms with Crippen LogP contribution in [-0.2, 0) is 10.0 Å². The van der Waals surface area contributed by atoms with Crippen molar-refractivity contribution in [3.63, 3.8) is 0 Å². The van der Waals surface area contributed by atoms with E-state index in [2.05, 4.69) is 0 Å². The lowest BCUT2D eigenvalue weighted by Gasteiger charge is -2.20. The van der Waals surface area contributed by atoms with Gasteiger partial charge in [0.2, 0.25) is 10.0 Å². The van der Waals surface area contributed by atoms with Gasteiger partial charge in [-0.1, -0.05) is 36.4 Å². The summed E-state index contributed by atoms with van der Waals surface area (Å²) in [6.07, 6.45) is -0.880. The number of anilines is 1. The van der Waals surface area contributed by atoms with Gasteiger partial charge in [-0.05, 0) is 23.3 Å². The van der Waals surface area contributed by atoms with E-state index in [1.165, 1.54) is 11.4 Å². The maximum Gasteiger partial charge on any atom is 0.237 e. The van der Waals surface area contributed by atoms with Gasteiger partial charge in [-0.25, -0.2) is 8.42 Å². The second-order valence-corrected chi connectivity index (χ2v) is 7.15. The maximum atomic E-state index is 12.2. The van der Waals surface area contributed by atoms with Crippen LogP contribution in [0.15, 0.2) is 48.5 Å². The van der Waals surface area contributed by atoms with Gasteiger partial charge in [0.1, 0.15) is 5.75 Å². The molecule has 1 atom stereocenters. The van der Waals surface area contributed by atoms with Gasteiger partial charge in [-0.2, -0.15) is 0 Å². The number of benzene rings is 2. The van der Waals surface area contributed by atoms with E-state index in [0.29, 0.717) is 11.4 Å². The number of β-amino-alcohol motifs (C(OH)–C–C–N with tert-alkyl or cyclic N) is 1. The summed E-state index contributed by atoms with van der Waals surface area (Å²) in [4.78, 5) is 0. The monoisotopic (exact) mass is 319 g/mol. The minimum Gasteiger partial charge on any atom is -0.495 e. The quantitative estimate of drug-likeness (QED) is 0.938. The Morgan fingerprint density at radius 1 is 1.14 bits per heavy atom. The van der Waals surface area contributed by atoms with E-state index >= 15 is 0 Å². The average Bonchev–Trinajstić information content (AvgIpc) is 2.80. The zero-order valence-electron chi connectivity index (χ0n) is 12.1. The number of hydrogen-bond donors (Lipinski definition) is 1. The molecule has 0 aromatic heterocycles. The van der Waals surface area contributed by atoms with Crippen molar-refractivity contribution in [1.82, 2.24) is 0 Å². The Morgan fingerprint density at radius 3 is 2.45 bits per heavy atom. The molecule has 1 unspecified atom stereocenters. The van der Waals surface area contributed by atoms with Crippen LogP contribution >= 0.6 is 0 Å². The molecule has 5 nitrogen and oxygen atoms in total. The Bertz CT molecular complexity index is 774. The van der Waals surface area contributed by atoms with Gasteiger partial charge in [0.05, 0.1) is 31.2 Å². The molecule has 1 aliphatic heterocycles. The Labute approximate surface area is 129 Å². The number of aliphatic hydroxyl groups excluding tert-OH is 1. The van der Waals surface area contributed by atoms with E-state index < -0.39 is 16.1 Å². The highest BCUT2D eigenvalue weighted by atomic mass is 32.2. The van der Waals surface area contributed by atoms with Crippen molar-refractivity contribution in [2.24, 2.45) is 0 Å². The molecule has 1 fully saturated rings. The van der Waals surface area contributed by atoms with E-state index in [1.807, 2.05) is 36.4 Å². The molecule has 116 valence electrons. The van der Waals surface area contributed by atoms with Gasteiger partial charge in [-0.3, -0.25) is 4.31 Å². The summed E-state index contributed by atoms with van der Waals surface area (Å²) in [5.41, 5.74) is 2.34. The van der Waals surface area contributed by atoms with Gasteiger partial charge in [0.15, 0.2) is 0 Å². The Kier molecular flexibility index (Phi) is 3.80. The van der Waals surface area contributed by atoms with Gasteiger partial charge in [-0.15, -0.1) is 0 Å². The first-order chi connectivity index (χ1) is 10.5. The lowest BCUT2D eigenvalue weighted by Crippen LogP contribution is -2.26. The van der Waals surface area contributed by atoms with E-state index in [-0.39, 0.29) is 12.3 Å². The number of nitrogens with zero attached hydrogens (tertiary/aromatic N) is 1. The molecule has 1 N–H and O–H groups in total. The maximum absolute atomic E-state index is 12.2. The zero-order chi connectivity index (χ0) is 15.7. The summed E-state index contributed by atoms with van der Waals surface area (Å²) in [5, 5.41) is 9.68. The van der Waals surface area contributed by atoms with Crippen molar-refractivity contribution in [3.05, 3.63) is 48.5 Å². The van der Waals surface area contributed by atoms with Crippen LogP contribution in [0.5, 0.6) is 5.75 Å². The number of hydrogen-bond acceptors (Lipinski definition) is 4. The van der Waals surface area contributed by atoms with Crippen LogP contribution in [0.25, 0.3) is 11.1 Å². The van der Waals surface area contributed by atoms with Crippen LogP contribution in [0.4, 0.5) is 5.69 Å². The lowest BCUT2D eigenvalue weighted by molar-refractivity contribution is 0.215. The van der Waals surface area contributed by atoms with Crippen molar-refractivity contribution < 1.29 is 18.3 Å². The van der Waals surface area contributed by atoms with Crippen LogP contribution in [-0.4, -0.2) is 39.0 Å². The van der Waals surface area contributed by atoms with E-state index in [0.717, 1.165) is 11.1 Å². The van der Waals surface area contributed by atoms with Gasteiger partial charge >= 0.3 is 0 Å². The first-order valence-electron chi connectivity index (χ1n) is 6.93. The predicted molar refractivity (Wildman–Crippen MR) is 85.6 cm³/mol. The van der Waals surface area contributed by atoms with Crippen molar-refractivity contribution >= 4 is 15.7 Å². The number of sulfonamides is 1. The number of ether oxygens (including phenoxy) is 1. The normalized spacial score (nSPS) is 20.1. The van der Waals surface area contributed by atoms with E-state index in [9.17, 15) is 13.5 Å². The molecule has 0 aliphatic carbocycles. The summed E-state index contributed by atoms with van der Waals surface area (Å²) in [7, 11) is -2.02. The Hall–Kier alpha value is -2.05. The summed E-state index contributed by atoms with van der Waals surface area (Å²) >= 11 is 0. The summed E-state index contributed by atoms with van der Waals surface area (Å²) < 4.78 is 30.9. The highest BCUT2D eigenvalue weighted by Gasteiger charge is 2.36. The molecular weight excluding hydrogens is 302 g/mol. The fraction of sp³-hybridized carbons (Fsp3) is 0.250. The summed E-state index contributed by atoms with van der Waals surface area (Å²) in [6.45, 7) is 0.0525. The minimum atomic E-state index is -3.52. The smallest absolute Gasteiger partial charge is 0.237 e. The summed E-state index contributed by atoms with van der Waals surface area (Å²) in [5.74, 6) is 0.212. The molecule has 0 saturated carbocycles. The molecule has 2 aromatic carbocycles. The van der Waals surface area contributed by atoms with E-state index in [4.69, 9.17) is 4.74 Å². The zero-order valence-corrected chi connectivity index (χ0v) is 13.0. The van der Waals surface area contributed by atoms with Crippen LogP contribution in [0, 0.1) is 0 Å². The first-order valence-corrected chi connectivity index (χ1v) is 8.54. The van der Waals surface area contributed by atoms with Gasteiger partial charge in [0.25, 0.3) is 0 Å². The Balaban J connectivity index is 2.10. The van der Waals surface area contributed by atoms with Gasteiger partial charge < -0.3 is 9.84 Å². The highest BCUT2D eigenvalue weighted by Crippen LogP contribution is 2.36. The van der Waals surface area contributed by atoms with Crippen molar-refractivity contribution in [2.45, 2.75) is 6.10 Å². The fourth-order valence-corrected chi connectivity index (χ4v) is 4.25. The molecule has 22 heavy (non-hydrogen) atoms. The lowest BCUT2D eigenvalue weighted by atomic mass is 10.0. The summed E-state index contributed by atoms with van der Waals surface area (Å²) in [6, 6.07) is 15.1. The molecule has 6 heteroatoms. The molecule has 0 spiro atoms. The molecule has 1 saturated heterocycles. The average molecular weight is 319 g/mol. The molecule has 0 bridgehead atoms. The van der Waals surface area contributed by atoms with Crippen molar-refractivity contribution in [2.75, 3.05) is 23.7 Å². The van der Waals surface area contributed by atoms with Crippen molar-refractivity contribution in [1.29, 1.82) is 0 Å². The first kappa shape index (κ1) is 14.9. The number of methoxy groups -OCH3 is 1. The number of rotatable bonds is 3. The topological polar surface area (TPSA) is 66.8 Å². The molecular formula is C16H17NO4S. The molecule has 0 radical (unpaired) electrons. The van der Waals surface area contributed by atoms with Crippen LogP contribution in [0.3, 0.4) is 0 Å². The minimum absolute atomic E-state index is 0.0525. The third kappa shape index (κ3) is 2.67. The molecule has 2 aromatic rings. The predicted octanol–water partition coefficient (Wildman–Crippen LogP) is 1.87. The van der Waals surface area contributed by atoms with Crippen LogP contribution < -0.4 is 9.04 Å². The molecule has 0 amide bonds. The second kappa shape index (κ2) is 5.62. The van der Waals surface area contributed by atoms with Crippen molar-refractivity contribution in [3.8, 4) is 16.9 Å². The third-order valence-electron chi connectivity index (χ3n) is 3.67. The second-order valence-electron chi connectivity index (χ2n) is 5.22. The largest absolute Gasteiger partial charge is 0.495 e. The highest BCUT2D eigenvalue weighted by molar-refractivity contribution is 7.93. The van der Waals surface area contributed by atoms with Gasteiger partial charge in [0, 0.05) is 0 Å². The molecule has 1 aliphatic rings. The van der Waals surface area contributed by atoms with Crippen LogP contribution in [0.1, 0.15) is 0 Å². The fourth-order valence-electron chi connectivity index (χ4n) is 2.63.